The zero-order valence-corrected chi connectivity index (χ0v) is 15.7. The fourth-order valence-electron chi connectivity index (χ4n) is 1.40. The summed E-state index contributed by atoms with van der Waals surface area (Å²) >= 11 is 0. The highest BCUT2D eigenvalue weighted by Gasteiger charge is 2.16. The minimum atomic E-state index is -0.508. The van der Waals surface area contributed by atoms with Crippen molar-refractivity contribution in [3.63, 3.8) is 0 Å². The molecule has 0 spiro atoms. The van der Waals surface area contributed by atoms with Crippen LogP contribution in [0.5, 0.6) is 0 Å². The summed E-state index contributed by atoms with van der Waals surface area (Å²) in [4.78, 5) is 22.7. The number of hydrogen-bond acceptors (Lipinski definition) is 6. The van der Waals surface area contributed by atoms with Crippen molar-refractivity contribution in [3.8, 4) is 0 Å². The Labute approximate surface area is 144 Å². The molecule has 0 unspecified atom stereocenters. The van der Waals surface area contributed by atoms with Gasteiger partial charge in [-0.25, -0.2) is 9.59 Å². The fraction of sp³-hybridized carbons (Fsp3) is 0.875. The average Bonchev–Trinajstić information content (AvgIpc) is 2.36. The summed E-state index contributed by atoms with van der Waals surface area (Å²) in [6, 6.07) is 0. The molecule has 2 amide bonds. The smallest absolute Gasteiger partial charge is 0.407 e. The van der Waals surface area contributed by atoms with Gasteiger partial charge in [0.2, 0.25) is 0 Å². The number of rotatable bonds is 9. The van der Waals surface area contributed by atoms with E-state index in [0.29, 0.717) is 39.5 Å². The molecular formula is C16H32N2O6. The molecule has 0 aliphatic heterocycles. The van der Waals surface area contributed by atoms with Gasteiger partial charge in [-0.2, -0.15) is 0 Å². The van der Waals surface area contributed by atoms with Crippen LogP contribution in [0.1, 0.15) is 41.5 Å². The summed E-state index contributed by atoms with van der Waals surface area (Å²) in [6.45, 7) is 13.1. The summed E-state index contributed by atoms with van der Waals surface area (Å²) in [6.07, 6.45) is -0.925. The Kier molecular flexibility index (Phi) is 10.4. The SMILES string of the molecule is CC(C)(C)OC(=O)NCCOCCOCCNC(=O)OC(C)(C)C. The van der Waals surface area contributed by atoms with Crippen LogP contribution in [0.25, 0.3) is 0 Å². The number of nitrogens with one attached hydrogen (secondary N) is 2. The van der Waals surface area contributed by atoms with E-state index in [1.807, 2.05) is 0 Å². The summed E-state index contributed by atoms with van der Waals surface area (Å²) in [7, 11) is 0. The second-order valence-corrected chi connectivity index (χ2v) is 7.08. The van der Waals surface area contributed by atoms with Crippen molar-refractivity contribution in [2.45, 2.75) is 52.7 Å². The van der Waals surface area contributed by atoms with Crippen molar-refractivity contribution >= 4 is 12.2 Å². The predicted octanol–water partition coefficient (Wildman–Crippen LogP) is 2.07. The Balaban J connectivity index is 3.37. The van der Waals surface area contributed by atoms with Crippen LogP contribution < -0.4 is 10.6 Å². The quantitative estimate of drug-likeness (QED) is 0.619. The van der Waals surface area contributed by atoms with Crippen LogP contribution in [0.15, 0.2) is 0 Å². The molecule has 0 aromatic heterocycles. The van der Waals surface area contributed by atoms with Crippen molar-refractivity contribution in [1.29, 1.82) is 0 Å². The molecule has 8 nitrogen and oxygen atoms in total. The van der Waals surface area contributed by atoms with Crippen molar-refractivity contribution < 1.29 is 28.5 Å². The molecule has 0 saturated heterocycles. The molecule has 0 rings (SSSR count). The third-order valence-corrected chi connectivity index (χ3v) is 2.20. The van der Waals surface area contributed by atoms with Gasteiger partial charge in [-0.15, -0.1) is 0 Å². The number of alkyl carbamates (subject to hydrolysis) is 2. The second kappa shape index (κ2) is 11.1. The van der Waals surface area contributed by atoms with E-state index >= 15 is 0 Å². The Morgan fingerprint density at radius 3 is 1.29 bits per heavy atom. The second-order valence-electron chi connectivity index (χ2n) is 7.08. The van der Waals surface area contributed by atoms with E-state index in [0.717, 1.165) is 0 Å². The van der Waals surface area contributed by atoms with Gasteiger partial charge in [0.25, 0.3) is 0 Å². The van der Waals surface area contributed by atoms with E-state index < -0.39 is 23.4 Å². The lowest BCUT2D eigenvalue weighted by Gasteiger charge is -2.19. The van der Waals surface area contributed by atoms with Crippen molar-refractivity contribution in [2.24, 2.45) is 0 Å². The first-order valence-electron chi connectivity index (χ1n) is 8.09. The van der Waals surface area contributed by atoms with Gasteiger partial charge in [0.15, 0.2) is 0 Å². The summed E-state index contributed by atoms with van der Waals surface area (Å²) in [5.41, 5.74) is -1.02. The molecule has 0 radical (unpaired) electrons. The molecule has 0 fully saturated rings. The van der Waals surface area contributed by atoms with Crippen LogP contribution in [-0.2, 0) is 18.9 Å². The first-order valence-corrected chi connectivity index (χ1v) is 8.09. The average molecular weight is 348 g/mol. The van der Waals surface area contributed by atoms with Gasteiger partial charge < -0.3 is 29.6 Å². The number of amides is 2. The number of carbonyl (C=O) groups is 2. The Bertz CT molecular complexity index is 338. The minimum Gasteiger partial charge on any atom is -0.444 e. The summed E-state index contributed by atoms with van der Waals surface area (Å²) in [5, 5.41) is 5.19. The highest BCUT2D eigenvalue weighted by atomic mass is 16.6. The van der Waals surface area contributed by atoms with Gasteiger partial charge in [0.1, 0.15) is 11.2 Å². The van der Waals surface area contributed by atoms with E-state index in [1.165, 1.54) is 0 Å². The molecule has 2 N–H and O–H groups in total. The van der Waals surface area contributed by atoms with E-state index in [2.05, 4.69) is 10.6 Å². The Hall–Kier alpha value is -1.54. The minimum absolute atomic E-state index is 0.370. The molecule has 0 aromatic carbocycles. The fourth-order valence-corrected chi connectivity index (χ4v) is 1.40. The largest absolute Gasteiger partial charge is 0.444 e. The number of ether oxygens (including phenoxy) is 4. The highest BCUT2D eigenvalue weighted by molar-refractivity contribution is 5.67. The van der Waals surface area contributed by atoms with Gasteiger partial charge in [-0.1, -0.05) is 0 Å². The van der Waals surface area contributed by atoms with Crippen LogP contribution in [-0.4, -0.2) is 62.9 Å². The molecule has 0 atom stereocenters. The van der Waals surface area contributed by atoms with Crippen molar-refractivity contribution in [1.82, 2.24) is 10.6 Å². The molecule has 0 aliphatic rings. The molecule has 24 heavy (non-hydrogen) atoms. The molecule has 0 bridgehead atoms. The van der Waals surface area contributed by atoms with E-state index in [-0.39, 0.29) is 0 Å². The van der Waals surface area contributed by atoms with Gasteiger partial charge >= 0.3 is 12.2 Å². The highest BCUT2D eigenvalue weighted by Crippen LogP contribution is 2.06. The maximum Gasteiger partial charge on any atom is 0.407 e. The molecule has 0 aliphatic carbocycles. The van der Waals surface area contributed by atoms with Gasteiger partial charge in [0.05, 0.1) is 26.4 Å². The first-order chi connectivity index (χ1) is 11.0. The van der Waals surface area contributed by atoms with Crippen LogP contribution >= 0.6 is 0 Å². The maximum absolute atomic E-state index is 11.3. The lowest BCUT2D eigenvalue weighted by molar-refractivity contribution is 0.0359. The van der Waals surface area contributed by atoms with Crippen LogP contribution in [0, 0.1) is 0 Å². The Morgan fingerprint density at radius 1 is 0.667 bits per heavy atom. The monoisotopic (exact) mass is 348 g/mol. The molecule has 0 heterocycles. The Morgan fingerprint density at radius 2 is 1.00 bits per heavy atom. The summed E-state index contributed by atoms with van der Waals surface area (Å²) in [5.74, 6) is 0. The molecule has 8 heteroatoms. The zero-order chi connectivity index (χ0) is 18.6. The van der Waals surface area contributed by atoms with Gasteiger partial charge in [-0.3, -0.25) is 0 Å². The van der Waals surface area contributed by atoms with Crippen LogP contribution in [0.2, 0.25) is 0 Å². The standard InChI is InChI=1S/C16H32N2O6/c1-15(2,3)23-13(19)17-7-9-21-11-12-22-10-8-18-14(20)24-16(4,5)6/h7-12H2,1-6H3,(H,17,19)(H,18,20). The maximum atomic E-state index is 11.3. The zero-order valence-electron chi connectivity index (χ0n) is 15.7. The third kappa shape index (κ3) is 16.8. The van der Waals surface area contributed by atoms with Gasteiger partial charge in [0, 0.05) is 13.1 Å². The van der Waals surface area contributed by atoms with E-state index in [1.54, 1.807) is 41.5 Å². The number of carbonyl (C=O) groups excluding carboxylic acids is 2. The van der Waals surface area contributed by atoms with E-state index in [9.17, 15) is 9.59 Å². The van der Waals surface area contributed by atoms with Crippen molar-refractivity contribution in [2.75, 3.05) is 39.5 Å². The van der Waals surface area contributed by atoms with E-state index in [4.69, 9.17) is 18.9 Å². The van der Waals surface area contributed by atoms with Crippen LogP contribution in [0.4, 0.5) is 9.59 Å². The lowest BCUT2D eigenvalue weighted by atomic mass is 10.2. The van der Waals surface area contributed by atoms with Gasteiger partial charge in [-0.05, 0) is 41.5 Å². The lowest BCUT2D eigenvalue weighted by Crippen LogP contribution is -2.34. The van der Waals surface area contributed by atoms with Crippen molar-refractivity contribution in [3.05, 3.63) is 0 Å². The van der Waals surface area contributed by atoms with Crippen LogP contribution in [0.3, 0.4) is 0 Å². The molecule has 142 valence electrons. The molecule has 0 saturated carbocycles. The molecule has 0 aromatic rings. The molecular weight excluding hydrogens is 316 g/mol. The summed E-state index contributed by atoms with van der Waals surface area (Å²) < 4.78 is 20.8. The number of hydrogen-bond donors (Lipinski definition) is 2. The predicted molar refractivity (Wildman–Crippen MR) is 90.1 cm³/mol. The normalized spacial score (nSPS) is 11.8. The first kappa shape index (κ1) is 22.5. The third-order valence-electron chi connectivity index (χ3n) is 2.20. The topological polar surface area (TPSA) is 95.1 Å².